The highest BCUT2D eigenvalue weighted by Gasteiger charge is 2.38. The van der Waals surface area contributed by atoms with Crippen molar-refractivity contribution in [3.05, 3.63) is 54.1 Å². The van der Waals surface area contributed by atoms with Crippen molar-refractivity contribution in [2.75, 3.05) is 65.5 Å². The van der Waals surface area contributed by atoms with Gasteiger partial charge in [0, 0.05) is 69.7 Å². The van der Waals surface area contributed by atoms with Gasteiger partial charge in [0.05, 0.1) is 25.8 Å². The van der Waals surface area contributed by atoms with Crippen LogP contribution >= 0.6 is 0 Å². The van der Waals surface area contributed by atoms with Gasteiger partial charge in [-0.25, -0.2) is 0 Å². The summed E-state index contributed by atoms with van der Waals surface area (Å²) in [5.74, 6) is 2.67. The summed E-state index contributed by atoms with van der Waals surface area (Å²) >= 11 is 0. The maximum absolute atomic E-state index is 13.7. The Balaban J connectivity index is 1.24. The van der Waals surface area contributed by atoms with Crippen molar-refractivity contribution in [3.8, 4) is 17.2 Å². The van der Waals surface area contributed by atoms with Gasteiger partial charge in [-0.1, -0.05) is 12.6 Å². The van der Waals surface area contributed by atoms with Gasteiger partial charge >= 0.3 is 0 Å². The number of amides is 2. The van der Waals surface area contributed by atoms with Gasteiger partial charge in [0.2, 0.25) is 5.91 Å². The molecule has 2 aromatic rings. The van der Waals surface area contributed by atoms with Crippen molar-refractivity contribution in [2.24, 2.45) is 11.8 Å². The molecule has 5 rings (SSSR count). The van der Waals surface area contributed by atoms with Crippen LogP contribution in [0.3, 0.4) is 0 Å². The molecule has 2 aromatic carbocycles. The van der Waals surface area contributed by atoms with E-state index in [1.165, 1.54) is 0 Å². The Kier molecular flexibility index (Phi) is 10.9. The Morgan fingerprint density at radius 1 is 1.04 bits per heavy atom. The van der Waals surface area contributed by atoms with Crippen LogP contribution in [0.1, 0.15) is 44.2 Å². The Hall–Kier alpha value is -3.76. The van der Waals surface area contributed by atoms with E-state index >= 15 is 0 Å². The first kappa shape index (κ1) is 32.6. The molecule has 2 heterocycles. The number of carbonyl (C=O) groups is 2. The van der Waals surface area contributed by atoms with Crippen LogP contribution in [0.2, 0.25) is 0 Å². The molecule has 1 aliphatic carbocycles. The van der Waals surface area contributed by atoms with Crippen molar-refractivity contribution < 1.29 is 28.5 Å². The SMILES string of the molecule is C=C(c1ccc(OC)c(OCCCOC)c1)N(C[C@@H]1CNC[C@H]1CN(C(=O)Cc1ccc2c(c1)NC(=O)CO2)C1CC1)C(C)C. The second-order valence-corrected chi connectivity index (χ2v) is 12.6. The fourth-order valence-corrected chi connectivity index (χ4v) is 6.23. The van der Waals surface area contributed by atoms with Crippen LogP contribution in [0.5, 0.6) is 17.2 Å². The van der Waals surface area contributed by atoms with Gasteiger partial charge in [0.15, 0.2) is 18.1 Å². The summed E-state index contributed by atoms with van der Waals surface area (Å²) in [5, 5.41) is 6.45. The minimum absolute atomic E-state index is 0.0176. The third kappa shape index (κ3) is 8.29. The number of carbonyl (C=O) groups excluding carboxylic acids is 2. The molecule has 1 saturated heterocycles. The predicted octanol–water partition coefficient (Wildman–Crippen LogP) is 4.19. The molecular formula is C35H48N4O6. The summed E-state index contributed by atoms with van der Waals surface area (Å²) in [5.41, 5.74) is 3.44. The van der Waals surface area contributed by atoms with E-state index in [9.17, 15) is 9.59 Å². The van der Waals surface area contributed by atoms with Gasteiger partial charge in [-0.15, -0.1) is 0 Å². The van der Waals surface area contributed by atoms with E-state index in [0.717, 1.165) is 62.3 Å². The smallest absolute Gasteiger partial charge is 0.262 e. The van der Waals surface area contributed by atoms with Crippen LogP contribution in [-0.2, 0) is 20.7 Å². The van der Waals surface area contributed by atoms with Crippen molar-refractivity contribution in [1.82, 2.24) is 15.1 Å². The van der Waals surface area contributed by atoms with Gasteiger partial charge < -0.3 is 39.4 Å². The van der Waals surface area contributed by atoms with Crippen LogP contribution in [0.15, 0.2) is 43.0 Å². The summed E-state index contributed by atoms with van der Waals surface area (Å²) in [6, 6.07) is 12.1. The predicted molar refractivity (Wildman–Crippen MR) is 175 cm³/mol. The second-order valence-electron chi connectivity index (χ2n) is 12.6. The summed E-state index contributed by atoms with van der Waals surface area (Å²) in [6.45, 7) is 13.4. The molecule has 0 radical (unpaired) electrons. The number of nitrogens with zero attached hydrogens (tertiary/aromatic N) is 2. The standard InChI is InChI=1S/C35H48N4O6/c1-23(2)38(24(3)26-8-12-32(43-5)33(17-26)44-14-6-13-42-4)20-27-18-36-19-28(27)21-39(29-9-10-29)35(41)16-25-7-11-31-30(15-25)37-34(40)22-45-31/h7-8,11-12,15,17,23,27-29,36H,3,6,9-10,13-14,16,18-22H2,1-2,4-5H3,(H,37,40)/t27-,28-/m0/s1. The minimum atomic E-state index is -0.179. The fraction of sp³-hybridized carbons (Fsp3) is 0.543. The zero-order valence-corrected chi connectivity index (χ0v) is 27.1. The van der Waals surface area contributed by atoms with E-state index < -0.39 is 0 Å². The summed E-state index contributed by atoms with van der Waals surface area (Å²) in [7, 11) is 3.34. The van der Waals surface area contributed by atoms with Crippen LogP contribution in [0, 0.1) is 11.8 Å². The first-order valence-electron chi connectivity index (χ1n) is 16.1. The first-order valence-corrected chi connectivity index (χ1v) is 16.1. The van der Waals surface area contributed by atoms with Gasteiger partial charge in [-0.3, -0.25) is 9.59 Å². The fourth-order valence-electron chi connectivity index (χ4n) is 6.23. The lowest BCUT2D eigenvalue weighted by Crippen LogP contribution is -2.42. The number of anilines is 1. The molecule has 10 nitrogen and oxygen atoms in total. The van der Waals surface area contributed by atoms with Crippen LogP contribution in [0.4, 0.5) is 5.69 Å². The Morgan fingerprint density at radius 3 is 2.53 bits per heavy atom. The summed E-state index contributed by atoms with van der Waals surface area (Å²) in [6.07, 6.45) is 3.19. The molecule has 2 aliphatic heterocycles. The topological polar surface area (TPSA) is 102 Å². The Bertz CT molecular complexity index is 1360. The number of hydrogen-bond acceptors (Lipinski definition) is 8. The van der Waals surface area contributed by atoms with E-state index in [4.69, 9.17) is 18.9 Å². The quantitative estimate of drug-likeness (QED) is 0.270. The molecule has 45 heavy (non-hydrogen) atoms. The van der Waals surface area contributed by atoms with Crippen LogP contribution in [0.25, 0.3) is 5.70 Å². The molecule has 1 saturated carbocycles. The van der Waals surface area contributed by atoms with Crippen molar-refractivity contribution in [1.29, 1.82) is 0 Å². The molecule has 0 spiro atoms. The second kappa shape index (κ2) is 15.0. The summed E-state index contributed by atoms with van der Waals surface area (Å²) < 4.78 is 22.2. The first-order chi connectivity index (χ1) is 21.8. The normalized spacial score (nSPS) is 19.0. The van der Waals surface area contributed by atoms with E-state index in [1.54, 1.807) is 14.2 Å². The molecule has 244 valence electrons. The van der Waals surface area contributed by atoms with E-state index in [-0.39, 0.29) is 24.5 Å². The molecule has 2 amide bonds. The Labute approximate surface area is 267 Å². The maximum Gasteiger partial charge on any atom is 0.262 e. The number of fused-ring (bicyclic) bond motifs is 1. The van der Waals surface area contributed by atoms with Crippen molar-refractivity contribution in [2.45, 2.75) is 51.6 Å². The highest BCUT2D eigenvalue weighted by Crippen LogP contribution is 2.35. The van der Waals surface area contributed by atoms with Gasteiger partial charge in [0.25, 0.3) is 5.91 Å². The number of nitrogens with one attached hydrogen (secondary N) is 2. The summed E-state index contributed by atoms with van der Waals surface area (Å²) in [4.78, 5) is 29.9. The third-order valence-corrected chi connectivity index (χ3v) is 8.90. The van der Waals surface area contributed by atoms with Crippen molar-refractivity contribution >= 4 is 23.2 Å². The molecular weight excluding hydrogens is 572 g/mol. The third-order valence-electron chi connectivity index (χ3n) is 8.90. The number of hydrogen-bond donors (Lipinski definition) is 2. The molecule has 0 bridgehead atoms. The largest absolute Gasteiger partial charge is 0.493 e. The van der Waals surface area contributed by atoms with Crippen LogP contribution in [-0.4, -0.2) is 93.9 Å². The van der Waals surface area contributed by atoms with Crippen LogP contribution < -0.4 is 24.8 Å². The van der Waals surface area contributed by atoms with Gasteiger partial charge in [-0.2, -0.15) is 0 Å². The lowest BCUT2D eigenvalue weighted by molar-refractivity contribution is -0.131. The average Bonchev–Trinajstić information content (AvgIpc) is 3.78. The molecule has 0 unspecified atom stereocenters. The number of benzene rings is 2. The van der Waals surface area contributed by atoms with E-state index in [2.05, 4.69) is 40.9 Å². The van der Waals surface area contributed by atoms with Gasteiger partial charge in [0.1, 0.15) is 5.75 Å². The minimum Gasteiger partial charge on any atom is -0.493 e. The van der Waals surface area contributed by atoms with Gasteiger partial charge in [-0.05, 0) is 74.4 Å². The van der Waals surface area contributed by atoms with E-state index in [1.807, 2.05) is 36.4 Å². The lowest BCUT2D eigenvalue weighted by Gasteiger charge is -2.36. The lowest BCUT2D eigenvalue weighted by atomic mass is 9.93. The number of methoxy groups -OCH3 is 2. The number of ether oxygens (including phenoxy) is 4. The van der Waals surface area contributed by atoms with Crippen molar-refractivity contribution in [3.63, 3.8) is 0 Å². The molecule has 2 N–H and O–H groups in total. The zero-order chi connectivity index (χ0) is 31.9. The number of rotatable bonds is 16. The molecule has 0 aromatic heterocycles. The monoisotopic (exact) mass is 620 g/mol. The maximum atomic E-state index is 13.7. The molecule has 10 heteroatoms. The van der Waals surface area contributed by atoms with E-state index in [0.29, 0.717) is 60.4 Å². The Morgan fingerprint density at radius 2 is 1.82 bits per heavy atom. The highest BCUT2D eigenvalue weighted by molar-refractivity contribution is 5.95. The highest BCUT2D eigenvalue weighted by atomic mass is 16.5. The zero-order valence-electron chi connectivity index (χ0n) is 27.1. The molecule has 3 aliphatic rings. The average molecular weight is 621 g/mol. The molecule has 2 fully saturated rings. The molecule has 2 atom stereocenters.